The Balaban J connectivity index is 0.00000288. The van der Waals surface area contributed by atoms with E-state index in [1.54, 1.807) is 12.3 Å². The van der Waals surface area contributed by atoms with Gasteiger partial charge in [-0.25, -0.2) is 4.99 Å². The number of nitrogens with zero attached hydrogens (tertiary/aromatic N) is 3. The molecule has 0 aliphatic heterocycles. The third kappa shape index (κ3) is 6.57. The van der Waals surface area contributed by atoms with E-state index in [1.165, 1.54) is 0 Å². The number of H-pyrrole nitrogens is 1. The Morgan fingerprint density at radius 2 is 1.88 bits per heavy atom. The van der Waals surface area contributed by atoms with Gasteiger partial charge in [0.15, 0.2) is 5.96 Å². The molecular formula is C16H23IN6O. The second-order valence-electron chi connectivity index (χ2n) is 5.17. The van der Waals surface area contributed by atoms with Crippen molar-refractivity contribution in [2.24, 2.45) is 4.99 Å². The summed E-state index contributed by atoms with van der Waals surface area (Å²) in [6, 6.07) is 11.7. The van der Waals surface area contributed by atoms with Crippen LogP contribution in [0, 0.1) is 0 Å². The molecule has 7 nitrogen and oxygen atoms in total. The summed E-state index contributed by atoms with van der Waals surface area (Å²) in [5, 5.41) is 12.4. The van der Waals surface area contributed by atoms with Crippen LogP contribution in [0.3, 0.4) is 0 Å². The summed E-state index contributed by atoms with van der Waals surface area (Å²) in [4.78, 5) is 18.2. The molecule has 0 spiro atoms. The van der Waals surface area contributed by atoms with Gasteiger partial charge >= 0.3 is 0 Å². The van der Waals surface area contributed by atoms with Gasteiger partial charge in [0.25, 0.3) is 5.91 Å². The van der Waals surface area contributed by atoms with Crippen LogP contribution in [0.1, 0.15) is 16.1 Å². The molecule has 24 heavy (non-hydrogen) atoms. The maximum absolute atomic E-state index is 11.7. The molecule has 0 saturated heterocycles. The first kappa shape index (κ1) is 19.9. The highest BCUT2D eigenvalue weighted by Gasteiger charge is 2.06. The maximum Gasteiger partial charge on any atom is 0.269 e. The topological polar surface area (TPSA) is 85.4 Å². The molecule has 2 aromatic rings. The quantitative estimate of drug-likeness (QED) is 0.274. The molecule has 0 atom stereocenters. The minimum atomic E-state index is -0.170. The highest BCUT2D eigenvalue weighted by atomic mass is 127. The Bertz CT molecular complexity index is 627. The van der Waals surface area contributed by atoms with Gasteiger partial charge in [0, 0.05) is 33.4 Å². The van der Waals surface area contributed by atoms with E-state index in [9.17, 15) is 4.79 Å². The Hall–Kier alpha value is -2.10. The molecule has 8 heteroatoms. The number of hydrogen-bond acceptors (Lipinski definition) is 3. The summed E-state index contributed by atoms with van der Waals surface area (Å²) in [7, 11) is 3.86. The molecule has 0 aliphatic rings. The van der Waals surface area contributed by atoms with Crippen molar-refractivity contribution in [3.8, 4) is 0 Å². The largest absolute Gasteiger partial charge is 0.354 e. The van der Waals surface area contributed by atoms with Crippen molar-refractivity contribution in [3.63, 3.8) is 0 Å². The second kappa shape index (κ2) is 10.6. The number of guanidine groups is 1. The van der Waals surface area contributed by atoms with Gasteiger partial charge in [-0.1, -0.05) is 30.3 Å². The molecule has 1 aromatic heterocycles. The molecule has 1 amide bonds. The predicted octanol–water partition coefficient (Wildman–Crippen LogP) is 1.46. The zero-order chi connectivity index (χ0) is 16.5. The van der Waals surface area contributed by atoms with Gasteiger partial charge in [-0.3, -0.25) is 9.89 Å². The number of aliphatic imine (C=N–C) groups is 1. The van der Waals surface area contributed by atoms with Crippen LogP contribution in [0.2, 0.25) is 0 Å². The van der Waals surface area contributed by atoms with E-state index >= 15 is 0 Å². The predicted molar refractivity (Wildman–Crippen MR) is 106 cm³/mol. The van der Waals surface area contributed by atoms with Gasteiger partial charge in [0.1, 0.15) is 5.69 Å². The molecule has 0 bridgehead atoms. The van der Waals surface area contributed by atoms with Gasteiger partial charge in [0.2, 0.25) is 0 Å². The average molecular weight is 442 g/mol. The number of carbonyl (C=O) groups excluding carboxylic acids is 1. The van der Waals surface area contributed by atoms with E-state index in [4.69, 9.17) is 0 Å². The summed E-state index contributed by atoms with van der Waals surface area (Å²) >= 11 is 0. The number of aromatic nitrogens is 2. The van der Waals surface area contributed by atoms with Crippen LogP contribution in [0.15, 0.2) is 47.6 Å². The van der Waals surface area contributed by atoms with E-state index in [0.717, 1.165) is 11.5 Å². The normalized spacial score (nSPS) is 10.7. The SMILES string of the molecule is CN(C)C(=NCc1ccccc1)NCCNC(=O)c1ccn[nH]1.I. The van der Waals surface area contributed by atoms with Crippen LogP contribution in [0.4, 0.5) is 0 Å². The molecule has 0 unspecified atom stereocenters. The molecule has 1 heterocycles. The van der Waals surface area contributed by atoms with Gasteiger partial charge in [-0.05, 0) is 11.6 Å². The monoisotopic (exact) mass is 442 g/mol. The first-order chi connectivity index (χ1) is 11.2. The lowest BCUT2D eigenvalue weighted by atomic mass is 10.2. The summed E-state index contributed by atoms with van der Waals surface area (Å²) in [6.07, 6.45) is 1.55. The van der Waals surface area contributed by atoms with Crippen LogP contribution in [0.5, 0.6) is 0 Å². The Morgan fingerprint density at radius 3 is 2.50 bits per heavy atom. The highest BCUT2D eigenvalue weighted by molar-refractivity contribution is 14.0. The van der Waals surface area contributed by atoms with Crippen molar-refractivity contribution in [2.45, 2.75) is 6.54 Å². The molecule has 2 rings (SSSR count). The molecule has 0 saturated carbocycles. The lowest BCUT2D eigenvalue weighted by molar-refractivity contribution is 0.0949. The first-order valence-corrected chi connectivity index (χ1v) is 7.44. The van der Waals surface area contributed by atoms with Crippen molar-refractivity contribution >= 4 is 35.8 Å². The minimum Gasteiger partial charge on any atom is -0.354 e. The van der Waals surface area contributed by atoms with E-state index in [2.05, 4.69) is 25.8 Å². The standard InChI is InChI=1S/C16H22N6O.HI/c1-22(2)16(19-12-13-6-4-3-5-7-13)18-11-10-17-15(23)14-8-9-20-21-14;/h3-9H,10-12H2,1-2H3,(H,17,23)(H,18,19)(H,20,21);1H. The molecule has 3 N–H and O–H groups in total. The Kier molecular flexibility index (Phi) is 8.84. The number of rotatable bonds is 6. The number of halogens is 1. The van der Waals surface area contributed by atoms with Gasteiger partial charge in [-0.15, -0.1) is 24.0 Å². The number of aromatic amines is 1. The minimum absolute atomic E-state index is 0. The molecule has 0 aliphatic carbocycles. The van der Waals surface area contributed by atoms with Gasteiger partial charge in [-0.2, -0.15) is 5.10 Å². The lowest BCUT2D eigenvalue weighted by Crippen LogP contribution is -2.41. The van der Waals surface area contributed by atoms with Crippen LogP contribution in [0.25, 0.3) is 0 Å². The zero-order valence-corrected chi connectivity index (χ0v) is 16.2. The highest BCUT2D eigenvalue weighted by Crippen LogP contribution is 2.00. The van der Waals surface area contributed by atoms with Crippen LogP contribution < -0.4 is 10.6 Å². The lowest BCUT2D eigenvalue weighted by Gasteiger charge is -2.17. The van der Waals surface area contributed by atoms with Crippen LogP contribution in [-0.2, 0) is 6.54 Å². The van der Waals surface area contributed by atoms with E-state index in [0.29, 0.717) is 25.3 Å². The summed E-state index contributed by atoms with van der Waals surface area (Å²) < 4.78 is 0. The van der Waals surface area contributed by atoms with E-state index < -0.39 is 0 Å². The molecule has 0 radical (unpaired) electrons. The third-order valence-corrected chi connectivity index (χ3v) is 3.12. The van der Waals surface area contributed by atoms with Crippen molar-refractivity contribution in [1.29, 1.82) is 0 Å². The van der Waals surface area contributed by atoms with Crippen molar-refractivity contribution < 1.29 is 4.79 Å². The van der Waals surface area contributed by atoms with E-state index in [-0.39, 0.29) is 29.9 Å². The van der Waals surface area contributed by atoms with Crippen molar-refractivity contribution in [1.82, 2.24) is 25.7 Å². The number of benzene rings is 1. The fraction of sp³-hybridized carbons (Fsp3) is 0.312. The number of amides is 1. The maximum atomic E-state index is 11.7. The Labute approximate surface area is 159 Å². The van der Waals surface area contributed by atoms with Crippen LogP contribution >= 0.6 is 24.0 Å². The fourth-order valence-corrected chi connectivity index (χ4v) is 1.93. The first-order valence-electron chi connectivity index (χ1n) is 7.44. The Morgan fingerprint density at radius 1 is 1.17 bits per heavy atom. The smallest absolute Gasteiger partial charge is 0.269 e. The summed E-state index contributed by atoms with van der Waals surface area (Å²) in [5.74, 6) is 0.613. The molecular weight excluding hydrogens is 419 g/mol. The number of hydrogen-bond donors (Lipinski definition) is 3. The van der Waals surface area contributed by atoms with Crippen LogP contribution in [-0.4, -0.2) is 54.1 Å². The molecule has 0 fully saturated rings. The molecule has 1 aromatic carbocycles. The van der Waals surface area contributed by atoms with E-state index in [1.807, 2.05) is 49.3 Å². The van der Waals surface area contributed by atoms with Crippen molar-refractivity contribution in [3.05, 3.63) is 53.9 Å². The van der Waals surface area contributed by atoms with Gasteiger partial charge < -0.3 is 15.5 Å². The number of nitrogens with one attached hydrogen (secondary N) is 3. The van der Waals surface area contributed by atoms with Crippen molar-refractivity contribution in [2.75, 3.05) is 27.2 Å². The van der Waals surface area contributed by atoms with Gasteiger partial charge in [0.05, 0.1) is 6.54 Å². The number of carbonyl (C=O) groups is 1. The second-order valence-corrected chi connectivity index (χ2v) is 5.17. The average Bonchev–Trinajstić information content (AvgIpc) is 3.09. The third-order valence-electron chi connectivity index (χ3n) is 3.12. The fourth-order valence-electron chi connectivity index (χ4n) is 1.93. The molecule has 130 valence electrons. The summed E-state index contributed by atoms with van der Waals surface area (Å²) in [6.45, 7) is 1.70. The summed E-state index contributed by atoms with van der Waals surface area (Å²) in [5.41, 5.74) is 1.61. The zero-order valence-electron chi connectivity index (χ0n) is 13.8.